The SMILES string of the molecule is CCC(NCC(O)c1ccsc1)c1ccc(Cl)c(Cl)c1. The molecule has 108 valence electrons. The molecule has 1 aromatic carbocycles. The van der Waals surface area contributed by atoms with Crippen LogP contribution in [-0.4, -0.2) is 11.7 Å². The summed E-state index contributed by atoms with van der Waals surface area (Å²) in [6.07, 6.45) is 0.423. The Labute approximate surface area is 133 Å². The van der Waals surface area contributed by atoms with Gasteiger partial charge in [0.25, 0.3) is 0 Å². The summed E-state index contributed by atoms with van der Waals surface area (Å²) in [5.41, 5.74) is 2.03. The summed E-state index contributed by atoms with van der Waals surface area (Å²) in [6, 6.07) is 7.74. The molecule has 2 N–H and O–H groups in total. The fraction of sp³-hybridized carbons (Fsp3) is 0.333. The van der Waals surface area contributed by atoms with E-state index in [4.69, 9.17) is 23.2 Å². The molecule has 2 aromatic rings. The third kappa shape index (κ3) is 3.96. The molecule has 2 atom stereocenters. The molecule has 0 aliphatic rings. The van der Waals surface area contributed by atoms with Crippen molar-refractivity contribution in [2.24, 2.45) is 0 Å². The number of hydrogen-bond donors (Lipinski definition) is 2. The first-order valence-corrected chi connectivity index (χ1v) is 8.20. The van der Waals surface area contributed by atoms with Gasteiger partial charge in [-0.25, -0.2) is 0 Å². The molecule has 0 spiro atoms. The molecule has 0 saturated heterocycles. The van der Waals surface area contributed by atoms with Crippen molar-refractivity contribution in [3.8, 4) is 0 Å². The van der Waals surface area contributed by atoms with Crippen LogP contribution in [0.2, 0.25) is 10.0 Å². The lowest BCUT2D eigenvalue weighted by Crippen LogP contribution is -2.26. The van der Waals surface area contributed by atoms with Crippen LogP contribution in [0.5, 0.6) is 0 Å². The van der Waals surface area contributed by atoms with E-state index in [0.29, 0.717) is 16.6 Å². The van der Waals surface area contributed by atoms with E-state index in [0.717, 1.165) is 17.5 Å². The van der Waals surface area contributed by atoms with Gasteiger partial charge in [0.15, 0.2) is 0 Å². The van der Waals surface area contributed by atoms with Gasteiger partial charge in [-0.1, -0.05) is 36.2 Å². The highest BCUT2D eigenvalue weighted by molar-refractivity contribution is 7.07. The smallest absolute Gasteiger partial charge is 0.0922 e. The summed E-state index contributed by atoms with van der Waals surface area (Å²) in [7, 11) is 0. The summed E-state index contributed by atoms with van der Waals surface area (Å²) in [5.74, 6) is 0. The Balaban J connectivity index is 2.00. The van der Waals surface area contributed by atoms with Crippen LogP contribution in [0.25, 0.3) is 0 Å². The lowest BCUT2D eigenvalue weighted by Gasteiger charge is -2.20. The minimum atomic E-state index is -0.488. The zero-order valence-corrected chi connectivity index (χ0v) is 13.5. The Morgan fingerprint density at radius 3 is 2.60 bits per heavy atom. The normalized spacial score (nSPS) is 14.2. The van der Waals surface area contributed by atoms with Crippen molar-refractivity contribution >= 4 is 34.5 Å². The van der Waals surface area contributed by atoms with E-state index in [1.54, 1.807) is 17.4 Å². The van der Waals surface area contributed by atoms with Gasteiger partial charge in [-0.2, -0.15) is 11.3 Å². The average Bonchev–Trinajstić information content (AvgIpc) is 2.97. The van der Waals surface area contributed by atoms with Gasteiger partial charge in [-0.05, 0) is 46.5 Å². The van der Waals surface area contributed by atoms with Gasteiger partial charge in [0, 0.05) is 12.6 Å². The zero-order valence-electron chi connectivity index (χ0n) is 11.1. The fourth-order valence-corrected chi connectivity index (χ4v) is 3.08. The minimum absolute atomic E-state index is 0.151. The molecule has 0 aliphatic heterocycles. The standard InChI is InChI=1S/C15H17Cl2NOS/c1-2-14(10-3-4-12(16)13(17)7-10)18-8-15(19)11-5-6-20-9-11/h3-7,9,14-15,18-19H,2,8H2,1H3. The number of aliphatic hydroxyl groups is 1. The third-order valence-electron chi connectivity index (χ3n) is 3.24. The quantitative estimate of drug-likeness (QED) is 0.795. The maximum Gasteiger partial charge on any atom is 0.0922 e. The van der Waals surface area contributed by atoms with E-state index >= 15 is 0 Å². The Kier molecular flexibility index (Phi) is 5.87. The summed E-state index contributed by atoms with van der Waals surface area (Å²) in [4.78, 5) is 0. The second-order valence-electron chi connectivity index (χ2n) is 4.62. The van der Waals surface area contributed by atoms with Crippen LogP contribution in [-0.2, 0) is 0 Å². The summed E-state index contributed by atoms with van der Waals surface area (Å²) in [5, 5.41) is 18.5. The molecule has 1 heterocycles. The second-order valence-corrected chi connectivity index (χ2v) is 6.21. The summed E-state index contributed by atoms with van der Waals surface area (Å²) >= 11 is 13.6. The lowest BCUT2D eigenvalue weighted by atomic mass is 10.0. The predicted molar refractivity (Wildman–Crippen MR) is 86.8 cm³/mol. The van der Waals surface area contributed by atoms with Gasteiger partial charge in [0.05, 0.1) is 16.1 Å². The number of nitrogens with one attached hydrogen (secondary N) is 1. The Hall–Kier alpha value is -0.580. The van der Waals surface area contributed by atoms with E-state index in [2.05, 4.69) is 12.2 Å². The molecule has 2 rings (SSSR count). The highest BCUT2D eigenvalue weighted by atomic mass is 35.5. The number of benzene rings is 1. The molecule has 2 nitrogen and oxygen atoms in total. The molecule has 0 aliphatic carbocycles. The molecule has 2 unspecified atom stereocenters. The Morgan fingerprint density at radius 2 is 2.00 bits per heavy atom. The van der Waals surface area contributed by atoms with Crippen molar-refractivity contribution in [2.45, 2.75) is 25.5 Å². The maximum atomic E-state index is 10.1. The van der Waals surface area contributed by atoms with Crippen LogP contribution in [0.1, 0.15) is 36.6 Å². The largest absolute Gasteiger partial charge is 0.387 e. The molecule has 0 saturated carbocycles. The second kappa shape index (κ2) is 7.43. The molecule has 0 radical (unpaired) electrons. The van der Waals surface area contributed by atoms with Crippen LogP contribution >= 0.6 is 34.5 Å². The van der Waals surface area contributed by atoms with Gasteiger partial charge in [-0.15, -0.1) is 0 Å². The van der Waals surface area contributed by atoms with E-state index < -0.39 is 6.10 Å². The van der Waals surface area contributed by atoms with Crippen molar-refractivity contribution < 1.29 is 5.11 Å². The molecule has 1 aromatic heterocycles. The van der Waals surface area contributed by atoms with Crippen LogP contribution in [0.15, 0.2) is 35.0 Å². The lowest BCUT2D eigenvalue weighted by molar-refractivity contribution is 0.170. The highest BCUT2D eigenvalue weighted by Gasteiger charge is 2.14. The zero-order chi connectivity index (χ0) is 14.5. The summed E-state index contributed by atoms with van der Waals surface area (Å²) < 4.78 is 0. The van der Waals surface area contributed by atoms with Gasteiger partial charge in [0.1, 0.15) is 0 Å². The number of halogens is 2. The average molecular weight is 330 g/mol. The van der Waals surface area contributed by atoms with Crippen molar-refractivity contribution in [3.63, 3.8) is 0 Å². The predicted octanol–water partition coefficient (Wildman–Crippen LogP) is 4.83. The first kappa shape index (κ1) is 15.8. The van der Waals surface area contributed by atoms with Crippen LogP contribution in [0, 0.1) is 0 Å². The van der Waals surface area contributed by atoms with Crippen molar-refractivity contribution in [1.29, 1.82) is 0 Å². The maximum absolute atomic E-state index is 10.1. The van der Waals surface area contributed by atoms with Crippen molar-refractivity contribution in [3.05, 3.63) is 56.2 Å². The van der Waals surface area contributed by atoms with E-state index in [1.165, 1.54) is 0 Å². The molecular formula is C15H17Cl2NOS. The van der Waals surface area contributed by atoms with Crippen molar-refractivity contribution in [1.82, 2.24) is 5.32 Å². The van der Waals surface area contributed by atoms with Crippen LogP contribution in [0.3, 0.4) is 0 Å². The molecule has 0 amide bonds. The molecule has 5 heteroatoms. The highest BCUT2D eigenvalue weighted by Crippen LogP contribution is 2.27. The van der Waals surface area contributed by atoms with Crippen molar-refractivity contribution in [2.75, 3.05) is 6.54 Å². The molecule has 20 heavy (non-hydrogen) atoms. The Bertz CT molecular complexity index is 545. The number of thiophene rings is 1. The fourth-order valence-electron chi connectivity index (χ4n) is 2.06. The van der Waals surface area contributed by atoms with E-state index in [1.807, 2.05) is 29.0 Å². The monoisotopic (exact) mass is 329 g/mol. The van der Waals surface area contributed by atoms with Gasteiger partial charge < -0.3 is 10.4 Å². The topological polar surface area (TPSA) is 32.3 Å². The summed E-state index contributed by atoms with van der Waals surface area (Å²) in [6.45, 7) is 2.60. The van der Waals surface area contributed by atoms with Gasteiger partial charge >= 0.3 is 0 Å². The molecule has 0 fully saturated rings. The number of aliphatic hydroxyl groups excluding tert-OH is 1. The van der Waals surface area contributed by atoms with Crippen LogP contribution < -0.4 is 5.32 Å². The molecular weight excluding hydrogens is 313 g/mol. The third-order valence-corrected chi connectivity index (χ3v) is 4.68. The number of hydrogen-bond acceptors (Lipinski definition) is 3. The van der Waals surface area contributed by atoms with E-state index in [9.17, 15) is 5.11 Å². The van der Waals surface area contributed by atoms with E-state index in [-0.39, 0.29) is 6.04 Å². The first-order valence-electron chi connectivity index (χ1n) is 6.50. The number of rotatable bonds is 6. The Morgan fingerprint density at radius 1 is 1.20 bits per heavy atom. The van der Waals surface area contributed by atoms with Crippen LogP contribution in [0.4, 0.5) is 0 Å². The van der Waals surface area contributed by atoms with Gasteiger partial charge in [0.2, 0.25) is 0 Å². The van der Waals surface area contributed by atoms with Gasteiger partial charge in [-0.3, -0.25) is 0 Å². The molecule has 0 bridgehead atoms. The first-order chi connectivity index (χ1) is 9.61. The minimum Gasteiger partial charge on any atom is -0.387 e.